The second-order valence-electron chi connectivity index (χ2n) is 1.14. The van der Waals surface area contributed by atoms with Crippen LogP contribution in [0.2, 0.25) is 0 Å². The highest BCUT2D eigenvalue weighted by Crippen LogP contribution is 1.86. The van der Waals surface area contributed by atoms with Gasteiger partial charge in [0.15, 0.2) is 0 Å². The largest absolute Gasteiger partial charge is 0.351 e. The summed E-state index contributed by atoms with van der Waals surface area (Å²) in [5.74, 6) is 0. The highest BCUT2D eigenvalue weighted by atomic mass is 33.2. The smallest absolute Gasteiger partial charge is 0.343 e. The van der Waals surface area contributed by atoms with Gasteiger partial charge < -0.3 is 5.73 Å². The van der Waals surface area contributed by atoms with Crippen LogP contribution in [0.25, 0.3) is 0 Å². The number of nitrogens with two attached hydrogens (primary N) is 1. The van der Waals surface area contributed by atoms with Crippen LogP contribution in [0.1, 0.15) is 0 Å². The summed E-state index contributed by atoms with van der Waals surface area (Å²) in [6.45, 7) is 0. The van der Waals surface area contributed by atoms with Gasteiger partial charge >= 0.3 is 15.1 Å². The Morgan fingerprint density at radius 1 is 1.60 bits per heavy atom. The molecule has 0 aromatic carbocycles. The lowest BCUT2D eigenvalue weighted by atomic mass is 11.2. The molecule has 0 saturated heterocycles. The van der Waals surface area contributed by atoms with E-state index in [0.717, 1.165) is 4.72 Å². The zero-order valence-corrected chi connectivity index (χ0v) is 6.11. The van der Waals surface area contributed by atoms with Crippen molar-refractivity contribution in [3.05, 3.63) is 0 Å². The van der Waals surface area contributed by atoms with Gasteiger partial charge in [0, 0.05) is 0 Å². The molecule has 0 aliphatic rings. The Labute approximate surface area is 58.3 Å². The molecule has 0 rings (SSSR count). The first-order chi connectivity index (χ1) is 4.36. The molecule has 0 aliphatic heterocycles. The molecule has 0 aromatic rings. The fraction of sp³-hybridized carbons (Fsp3) is 0. The van der Waals surface area contributed by atoms with Gasteiger partial charge in [-0.3, -0.25) is 4.55 Å². The predicted octanol–water partition coefficient (Wildman–Crippen LogP) is -1.88. The molecule has 0 bridgehead atoms. The summed E-state index contributed by atoms with van der Waals surface area (Å²) >= 11 is 0. The Balaban J connectivity index is 4.46. The van der Waals surface area contributed by atoms with Crippen molar-refractivity contribution >= 4 is 25.2 Å². The minimum Gasteiger partial charge on any atom is -0.351 e. The van der Waals surface area contributed by atoms with Crippen molar-refractivity contribution in [1.82, 2.24) is 4.72 Å². The maximum absolute atomic E-state index is 10.2. The molecule has 10 heavy (non-hydrogen) atoms. The zero-order valence-electron chi connectivity index (χ0n) is 4.47. The summed E-state index contributed by atoms with van der Waals surface area (Å²) in [7, 11) is -7.63. The quantitative estimate of drug-likeness (QED) is 0.345. The van der Waals surface area contributed by atoms with Crippen molar-refractivity contribution in [1.29, 1.82) is 0 Å². The van der Waals surface area contributed by atoms with E-state index >= 15 is 0 Å². The maximum Gasteiger partial charge on any atom is 0.343 e. The number of carbonyl (C=O) groups excluding carboxylic acids is 1. The number of nitrogens with one attached hydrogen (secondary N) is 1. The van der Waals surface area contributed by atoms with Crippen LogP contribution in [0.5, 0.6) is 0 Å². The summed E-state index contributed by atoms with van der Waals surface area (Å²) in [5, 5.41) is 0. The number of hydrogen-bond acceptors (Lipinski definition) is 4. The van der Waals surface area contributed by atoms with Crippen LogP contribution < -0.4 is 10.5 Å². The molecule has 0 radical (unpaired) electrons. The predicted molar refractivity (Wildman–Crippen MR) is 32.4 cm³/mol. The highest BCUT2D eigenvalue weighted by molar-refractivity contribution is 8.61. The number of hydrogen-bond donors (Lipinski definition) is 3. The second kappa shape index (κ2) is 2.94. The zero-order chi connectivity index (χ0) is 8.36. The first-order valence-corrected chi connectivity index (χ1v) is 4.90. The third-order valence-corrected chi connectivity index (χ3v) is 2.62. The molecule has 4 N–H and O–H groups in total. The SMILES string of the molecule is NC(=O)NS(=O)(=O)S(=O)O. The summed E-state index contributed by atoms with van der Waals surface area (Å²) in [5.41, 5.74) is 4.34. The molecular formula is CH4N2O5S2. The molecule has 0 aromatic heterocycles. The van der Waals surface area contributed by atoms with E-state index in [0.29, 0.717) is 0 Å². The molecule has 7 nitrogen and oxygen atoms in total. The summed E-state index contributed by atoms with van der Waals surface area (Å²) in [6, 6.07) is -1.40. The van der Waals surface area contributed by atoms with Crippen LogP contribution in [0.4, 0.5) is 4.79 Å². The third-order valence-electron chi connectivity index (χ3n) is 0.413. The van der Waals surface area contributed by atoms with Crippen molar-refractivity contribution in [2.45, 2.75) is 0 Å². The van der Waals surface area contributed by atoms with E-state index in [1.54, 1.807) is 0 Å². The molecule has 0 spiro atoms. The van der Waals surface area contributed by atoms with E-state index < -0.39 is 25.2 Å². The number of carbonyl (C=O) groups is 1. The second-order valence-corrected chi connectivity index (χ2v) is 4.86. The summed E-state index contributed by atoms with van der Waals surface area (Å²) in [6.07, 6.45) is 0. The standard InChI is InChI=1S/CH4N2O5S2/c2-1(4)3-10(7,8)9(5)6/h(H,5,6)(H3,2,3,4). The van der Waals surface area contributed by atoms with Gasteiger partial charge in [0.05, 0.1) is 0 Å². The minimum absolute atomic E-state index is 1.08. The average molecular weight is 188 g/mol. The molecule has 9 heteroatoms. The van der Waals surface area contributed by atoms with E-state index in [4.69, 9.17) is 4.55 Å². The highest BCUT2D eigenvalue weighted by Gasteiger charge is 2.18. The molecule has 1 unspecified atom stereocenters. The van der Waals surface area contributed by atoms with Gasteiger partial charge in [-0.25, -0.2) is 13.7 Å². The number of urea groups is 1. The van der Waals surface area contributed by atoms with Crippen molar-refractivity contribution in [3.63, 3.8) is 0 Å². The average Bonchev–Trinajstić information content (AvgIpc) is 1.60. The van der Waals surface area contributed by atoms with Crippen molar-refractivity contribution < 1.29 is 22.0 Å². The van der Waals surface area contributed by atoms with Crippen molar-refractivity contribution in [2.75, 3.05) is 0 Å². The monoisotopic (exact) mass is 188 g/mol. The fourth-order valence-electron chi connectivity index (χ4n) is 0.159. The van der Waals surface area contributed by atoms with Crippen molar-refractivity contribution in [2.24, 2.45) is 5.73 Å². The van der Waals surface area contributed by atoms with E-state index in [-0.39, 0.29) is 0 Å². The third kappa shape index (κ3) is 2.75. The van der Waals surface area contributed by atoms with Crippen LogP contribution >= 0.6 is 0 Å². The van der Waals surface area contributed by atoms with Gasteiger partial charge in [0.1, 0.15) is 0 Å². The number of rotatable bonds is 2. The van der Waals surface area contributed by atoms with Gasteiger partial charge in [0.2, 0.25) is 0 Å². The summed E-state index contributed by atoms with van der Waals surface area (Å²) < 4.78 is 39.2. The molecule has 0 heterocycles. The van der Waals surface area contributed by atoms with Crippen LogP contribution in [-0.4, -0.2) is 23.2 Å². The van der Waals surface area contributed by atoms with Gasteiger partial charge in [-0.15, -0.1) is 0 Å². The fourth-order valence-corrected chi connectivity index (χ4v) is 0.937. The van der Waals surface area contributed by atoms with Gasteiger partial charge in [-0.2, -0.15) is 8.42 Å². The van der Waals surface area contributed by atoms with Crippen LogP contribution in [0.3, 0.4) is 0 Å². The molecule has 1 atom stereocenters. The first kappa shape index (κ1) is 9.33. The lowest BCUT2D eigenvalue weighted by Gasteiger charge is -1.95. The van der Waals surface area contributed by atoms with Gasteiger partial charge in [0.25, 0.3) is 10.1 Å². The van der Waals surface area contributed by atoms with Gasteiger partial charge in [-0.05, 0) is 0 Å². The normalized spacial score (nSPS) is 14.1. The lowest BCUT2D eigenvalue weighted by molar-refractivity contribution is 0.253. The minimum atomic E-state index is -4.49. The molecule has 2 amide bonds. The van der Waals surface area contributed by atoms with E-state index in [2.05, 4.69) is 5.73 Å². The van der Waals surface area contributed by atoms with Crippen LogP contribution in [0, 0.1) is 0 Å². The maximum atomic E-state index is 10.2. The Bertz CT molecular complexity index is 253. The Morgan fingerprint density at radius 2 is 2.00 bits per heavy atom. The Morgan fingerprint density at radius 3 is 2.10 bits per heavy atom. The first-order valence-electron chi connectivity index (χ1n) is 1.80. The molecule has 0 fully saturated rings. The molecule has 0 aliphatic carbocycles. The molecule has 60 valence electrons. The Hall–Kier alpha value is -0.670. The van der Waals surface area contributed by atoms with Crippen molar-refractivity contribution in [3.8, 4) is 0 Å². The Kier molecular flexibility index (Phi) is 2.75. The molecular weight excluding hydrogens is 184 g/mol. The van der Waals surface area contributed by atoms with Crippen LogP contribution in [0.15, 0.2) is 0 Å². The number of primary amides is 1. The van der Waals surface area contributed by atoms with E-state index in [1.165, 1.54) is 0 Å². The summed E-state index contributed by atoms with van der Waals surface area (Å²) in [4.78, 5) is 9.81. The number of amides is 2. The van der Waals surface area contributed by atoms with Crippen LogP contribution in [-0.2, 0) is 19.2 Å². The van der Waals surface area contributed by atoms with E-state index in [9.17, 15) is 17.4 Å². The van der Waals surface area contributed by atoms with Gasteiger partial charge in [-0.1, -0.05) is 0 Å². The molecule has 0 saturated carbocycles. The van der Waals surface area contributed by atoms with E-state index in [1.807, 2.05) is 0 Å². The lowest BCUT2D eigenvalue weighted by Crippen LogP contribution is -2.36. The topological polar surface area (TPSA) is 127 Å².